The molecule has 0 atom stereocenters. The molecular formula is C22H18ClN2Rh. The topological polar surface area (TPSA) is 25.8 Å². The van der Waals surface area contributed by atoms with Gasteiger partial charge in [-0.05, 0) is 24.3 Å². The second-order valence-electron chi connectivity index (χ2n) is 5.16. The largest absolute Gasteiger partial charge is 0.256 e. The standard InChI is InChI=1S/2C11H9N.ClH.Rh/c2*1-2-6-10(7-3-1)11-8-4-5-9-12-11;;/h2*1-9H;1H;/q;;;+1/p-1. The van der Waals surface area contributed by atoms with E-state index in [2.05, 4.69) is 43.9 Å². The van der Waals surface area contributed by atoms with Crippen LogP contribution in [0.1, 0.15) is 0 Å². The van der Waals surface area contributed by atoms with E-state index in [0.717, 1.165) is 22.5 Å². The van der Waals surface area contributed by atoms with E-state index in [4.69, 9.17) is 0 Å². The predicted octanol–water partition coefficient (Wildman–Crippen LogP) is 6.18. The predicted molar refractivity (Wildman–Crippen MR) is 105 cm³/mol. The third kappa shape index (κ3) is 6.51. The van der Waals surface area contributed by atoms with E-state index in [1.54, 1.807) is 0 Å². The van der Waals surface area contributed by atoms with Crippen LogP contribution in [0.15, 0.2) is 109 Å². The molecule has 0 aliphatic carbocycles. The summed E-state index contributed by atoms with van der Waals surface area (Å²) >= 11 is 2.02. The SMILES string of the molecule is [Cl][Rh].c1ccc(-c2ccccn2)cc1.c1ccc(-c2ccccn2)cc1. The molecule has 26 heavy (non-hydrogen) atoms. The van der Waals surface area contributed by atoms with E-state index in [0.29, 0.717) is 0 Å². The zero-order valence-corrected chi connectivity index (χ0v) is 16.4. The summed E-state index contributed by atoms with van der Waals surface area (Å²) in [5.74, 6) is 0. The third-order valence-corrected chi connectivity index (χ3v) is 3.47. The molecule has 0 radical (unpaired) electrons. The van der Waals surface area contributed by atoms with E-state index < -0.39 is 0 Å². The number of aromatic nitrogens is 2. The summed E-state index contributed by atoms with van der Waals surface area (Å²) in [6, 6.07) is 32.2. The van der Waals surface area contributed by atoms with Crippen LogP contribution in [0.5, 0.6) is 0 Å². The van der Waals surface area contributed by atoms with Crippen LogP contribution < -0.4 is 0 Å². The molecule has 0 saturated carbocycles. The maximum absolute atomic E-state index is 4.53. The van der Waals surface area contributed by atoms with Gasteiger partial charge in [0.1, 0.15) is 0 Å². The summed E-state index contributed by atoms with van der Waals surface area (Å²) in [6.45, 7) is 0. The number of halogens is 1. The molecule has 4 aromatic rings. The van der Waals surface area contributed by atoms with Gasteiger partial charge in [-0.2, -0.15) is 0 Å². The van der Waals surface area contributed by atoms with Gasteiger partial charge in [0.15, 0.2) is 0 Å². The Kier molecular flexibility index (Phi) is 9.28. The van der Waals surface area contributed by atoms with Crippen molar-refractivity contribution in [1.29, 1.82) is 0 Å². The summed E-state index contributed by atoms with van der Waals surface area (Å²) in [7, 11) is 4.53. The van der Waals surface area contributed by atoms with Gasteiger partial charge in [0.25, 0.3) is 0 Å². The summed E-state index contributed by atoms with van der Waals surface area (Å²) in [5, 5.41) is 0. The fraction of sp³-hybridized carbons (Fsp3) is 0. The van der Waals surface area contributed by atoms with Crippen LogP contribution in [-0.2, 0) is 17.3 Å². The molecule has 0 aliphatic heterocycles. The third-order valence-electron chi connectivity index (χ3n) is 3.47. The molecule has 0 bridgehead atoms. The number of pyridine rings is 2. The number of benzene rings is 2. The first-order valence-corrected chi connectivity index (χ1v) is 10.1. The first kappa shape index (κ1) is 20.0. The monoisotopic (exact) mass is 448 g/mol. The summed E-state index contributed by atoms with van der Waals surface area (Å²) in [6.07, 6.45) is 3.62. The van der Waals surface area contributed by atoms with Crippen LogP contribution in [0, 0.1) is 0 Å². The molecule has 0 aliphatic rings. The minimum Gasteiger partial charge on any atom is -0.256 e. The molecular weight excluding hydrogens is 431 g/mol. The van der Waals surface area contributed by atoms with Crippen molar-refractivity contribution in [3.05, 3.63) is 109 Å². The molecule has 132 valence electrons. The zero-order chi connectivity index (χ0) is 18.5. The van der Waals surface area contributed by atoms with Gasteiger partial charge in [-0.25, -0.2) is 0 Å². The Morgan fingerprint density at radius 3 is 1.12 bits per heavy atom. The number of hydrogen-bond acceptors (Lipinski definition) is 2. The smallest absolute Gasteiger partial charge is 0.0701 e. The first-order chi connectivity index (χ1) is 12.9. The average molecular weight is 449 g/mol. The quantitative estimate of drug-likeness (QED) is 0.342. The number of rotatable bonds is 2. The molecule has 2 aromatic carbocycles. The van der Waals surface area contributed by atoms with Gasteiger partial charge in [0.2, 0.25) is 0 Å². The van der Waals surface area contributed by atoms with Crippen LogP contribution >= 0.6 is 9.69 Å². The molecule has 2 heterocycles. The maximum atomic E-state index is 4.53. The number of nitrogens with zero attached hydrogens (tertiary/aromatic N) is 2. The van der Waals surface area contributed by atoms with E-state index in [1.165, 1.54) is 0 Å². The summed E-state index contributed by atoms with van der Waals surface area (Å²) in [4.78, 5) is 8.50. The van der Waals surface area contributed by atoms with Crippen LogP contribution in [0.4, 0.5) is 0 Å². The van der Waals surface area contributed by atoms with Crippen molar-refractivity contribution < 1.29 is 17.3 Å². The van der Waals surface area contributed by atoms with Crippen molar-refractivity contribution in [3.8, 4) is 22.5 Å². The second kappa shape index (κ2) is 12.1. The normalized spacial score (nSPS) is 9.19. The van der Waals surface area contributed by atoms with E-state index in [-0.39, 0.29) is 0 Å². The van der Waals surface area contributed by atoms with Crippen LogP contribution in [0.2, 0.25) is 0 Å². The molecule has 0 amide bonds. The Hall–Kier alpha value is -2.35. The van der Waals surface area contributed by atoms with Crippen molar-refractivity contribution >= 4 is 9.69 Å². The molecule has 4 rings (SSSR count). The first-order valence-electron chi connectivity index (χ1n) is 7.99. The molecule has 0 spiro atoms. The Morgan fingerprint density at radius 1 is 0.462 bits per heavy atom. The van der Waals surface area contributed by atoms with Gasteiger partial charge in [-0.3, -0.25) is 9.97 Å². The molecule has 4 heteroatoms. The maximum Gasteiger partial charge on any atom is 0.0701 e. The fourth-order valence-electron chi connectivity index (χ4n) is 2.28. The zero-order valence-electron chi connectivity index (χ0n) is 14.0. The Balaban J connectivity index is 0.000000171. The van der Waals surface area contributed by atoms with Gasteiger partial charge < -0.3 is 0 Å². The van der Waals surface area contributed by atoms with Gasteiger partial charge in [-0.1, -0.05) is 72.8 Å². The van der Waals surface area contributed by atoms with E-state index >= 15 is 0 Å². The number of hydrogen-bond donors (Lipinski definition) is 0. The second-order valence-corrected chi connectivity index (χ2v) is 5.16. The minimum atomic E-state index is 1.03. The van der Waals surface area contributed by atoms with Gasteiger partial charge in [0, 0.05) is 23.5 Å². The van der Waals surface area contributed by atoms with Crippen LogP contribution in [0.3, 0.4) is 0 Å². The van der Waals surface area contributed by atoms with Gasteiger partial charge in [0.05, 0.1) is 11.4 Å². The molecule has 2 aromatic heterocycles. The average Bonchev–Trinajstić information content (AvgIpc) is 2.78. The van der Waals surface area contributed by atoms with Crippen LogP contribution in [0.25, 0.3) is 22.5 Å². The minimum absolute atomic E-state index is 1.03. The van der Waals surface area contributed by atoms with Crippen molar-refractivity contribution in [2.24, 2.45) is 0 Å². The van der Waals surface area contributed by atoms with E-state index in [1.807, 2.05) is 103 Å². The van der Waals surface area contributed by atoms with Crippen molar-refractivity contribution in [2.45, 2.75) is 0 Å². The van der Waals surface area contributed by atoms with Crippen molar-refractivity contribution in [3.63, 3.8) is 0 Å². The van der Waals surface area contributed by atoms with Crippen LogP contribution in [-0.4, -0.2) is 9.97 Å². The fourth-order valence-corrected chi connectivity index (χ4v) is 2.28. The molecule has 0 unspecified atom stereocenters. The summed E-state index contributed by atoms with van der Waals surface area (Å²) < 4.78 is 0. The Morgan fingerprint density at radius 2 is 0.808 bits per heavy atom. The molecule has 0 saturated heterocycles. The molecule has 0 fully saturated rings. The van der Waals surface area contributed by atoms with Gasteiger partial charge >= 0.3 is 27.0 Å². The summed E-state index contributed by atoms with van der Waals surface area (Å²) in [5.41, 5.74) is 4.38. The molecule has 0 N–H and O–H groups in total. The van der Waals surface area contributed by atoms with E-state index in [9.17, 15) is 0 Å². The Bertz CT molecular complexity index is 692. The Labute approximate surface area is 168 Å². The molecule has 2 nitrogen and oxygen atoms in total. The van der Waals surface area contributed by atoms with Crippen molar-refractivity contribution in [2.75, 3.05) is 0 Å². The van der Waals surface area contributed by atoms with Crippen molar-refractivity contribution in [1.82, 2.24) is 9.97 Å². The van der Waals surface area contributed by atoms with Gasteiger partial charge in [-0.15, -0.1) is 0 Å².